The van der Waals surface area contributed by atoms with Crippen molar-refractivity contribution in [3.8, 4) is 5.75 Å². The van der Waals surface area contributed by atoms with Crippen molar-refractivity contribution in [2.75, 3.05) is 12.9 Å². The third-order valence-electron chi connectivity index (χ3n) is 3.64. The Morgan fingerprint density at radius 2 is 2.04 bits per heavy atom. The Morgan fingerprint density at radius 3 is 2.72 bits per heavy atom. The Bertz CT molecular complexity index is 961. The molecule has 3 rings (SSSR count). The zero-order valence-corrected chi connectivity index (χ0v) is 17.1. The van der Waals surface area contributed by atoms with E-state index in [1.54, 1.807) is 18.9 Å². The predicted molar refractivity (Wildman–Crippen MR) is 107 cm³/mol. The van der Waals surface area contributed by atoms with E-state index in [0.717, 1.165) is 30.1 Å². The fraction of sp³-hybridized carbons (Fsp3) is 0.222. The first-order chi connectivity index (χ1) is 12.1. The Kier molecular flexibility index (Phi) is 5.98. The van der Waals surface area contributed by atoms with Gasteiger partial charge in [-0.2, -0.15) is 4.99 Å². The molecule has 25 heavy (non-hydrogen) atoms. The van der Waals surface area contributed by atoms with Crippen LogP contribution < -0.4 is 9.54 Å². The number of hydrogen-bond acceptors (Lipinski definition) is 4. The summed E-state index contributed by atoms with van der Waals surface area (Å²) < 4.78 is 9.21. The van der Waals surface area contributed by atoms with Crippen LogP contribution in [0.3, 0.4) is 0 Å². The molecule has 0 unspecified atom stereocenters. The van der Waals surface area contributed by atoms with E-state index in [1.807, 2.05) is 54.1 Å². The number of thioether (sulfide) groups is 1. The molecule has 0 aliphatic carbocycles. The number of carbonyl (C=O) groups excluding carboxylic acids is 1. The van der Waals surface area contributed by atoms with Gasteiger partial charge < -0.3 is 9.30 Å². The van der Waals surface area contributed by atoms with E-state index in [2.05, 4.69) is 20.9 Å². The van der Waals surface area contributed by atoms with Gasteiger partial charge in [0.2, 0.25) is 5.91 Å². The summed E-state index contributed by atoms with van der Waals surface area (Å²) in [7, 11) is 3.58. The number of hydrogen-bond donors (Lipinski definition) is 0. The van der Waals surface area contributed by atoms with Crippen LogP contribution in [-0.4, -0.2) is 23.3 Å². The molecule has 130 valence electrons. The minimum Gasteiger partial charge on any atom is -0.497 e. The molecule has 0 atom stereocenters. The molecule has 2 aromatic carbocycles. The molecule has 0 N–H and O–H groups in total. The quantitative estimate of drug-likeness (QED) is 0.547. The van der Waals surface area contributed by atoms with E-state index < -0.39 is 0 Å². The Hall–Kier alpha value is -1.57. The third kappa shape index (κ3) is 4.34. The molecule has 0 fully saturated rings. The Labute approximate surface area is 162 Å². The highest BCUT2D eigenvalue weighted by atomic mass is 79.9. The number of methoxy groups -OCH3 is 1. The molecule has 0 aliphatic heterocycles. The van der Waals surface area contributed by atoms with Crippen molar-refractivity contribution in [1.82, 2.24) is 4.57 Å². The summed E-state index contributed by atoms with van der Waals surface area (Å²) in [5.41, 5.74) is 1.06. The van der Waals surface area contributed by atoms with Crippen LogP contribution in [0.15, 0.2) is 56.8 Å². The van der Waals surface area contributed by atoms with Crippen molar-refractivity contribution >= 4 is 55.2 Å². The number of aryl methyl sites for hydroxylation is 1. The molecule has 7 heteroatoms. The van der Waals surface area contributed by atoms with Gasteiger partial charge in [-0.1, -0.05) is 17.4 Å². The number of fused-ring (bicyclic) bond motifs is 1. The van der Waals surface area contributed by atoms with Crippen LogP contribution in [0.5, 0.6) is 5.75 Å². The first kappa shape index (κ1) is 18.2. The van der Waals surface area contributed by atoms with Crippen LogP contribution >= 0.6 is 39.0 Å². The minimum atomic E-state index is -0.0979. The SMILES string of the molecule is COc1ccc(SCCC(=O)N=c2sc3cccc(Br)c3n2C)cc1. The molecular weight excluding hydrogens is 420 g/mol. The maximum Gasteiger partial charge on any atom is 0.249 e. The number of nitrogens with zero attached hydrogens (tertiary/aromatic N) is 2. The molecule has 0 aliphatic rings. The van der Waals surface area contributed by atoms with Gasteiger partial charge in [-0.05, 0) is 52.3 Å². The van der Waals surface area contributed by atoms with Crippen LogP contribution in [0.25, 0.3) is 10.2 Å². The summed E-state index contributed by atoms with van der Waals surface area (Å²) in [4.78, 5) is 18.3. The minimum absolute atomic E-state index is 0.0979. The molecular formula is C18H17BrN2O2S2. The number of ether oxygens (including phenoxy) is 1. The van der Waals surface area contributed by atoms with E-state index >= 15 is 0 Å². The van der Waals surface area contributed by atoms with Crippen LogP contribution in [-0.2, 0) is 11.8 Å². The lowest BCUT2D eigenvalue weighted by molar-refractivity contribution is -0.117. The van der Waals surface area contributed by atoms with Crippen LogP contribution in [0.4, 0.5) is 0 Å². The number of aromatic nitrogens is 1. The Balaban J connectivity index is 1.66. The summed E-state index contributed by atoms with van der Waals surface area (Å²) in [5.74, 6) is 1.44. The van der Waals surface area contributed by atoms with Gasteiger partial charge in [-0.15, -0.1) is 11.8 Å². The molecule has 0 saturated heterocycles. The van der Waals surface area contributed by atoms with E-state index in [-0.39, 0.29) is 5.91 Å². The van der Waals surface area contributed by atoms with Crippen molar-refractivity contribution < 1.29 is 9.53 Å². The number of halogens is 1. The third-order valence-corrected chi connectivity index (χ3v) is 6.39. The molecule has 1 amide bonds. The van der Waals surface area contributed by atoms with Crippen molar-refractivity contribution in [3.05, 3.63) is 51.7 Å². The van der Waals surface area contributed by atoms with Gasteiger partial charge in [-0.25, -0.2) is 0 Å². The highest BCUT2D eigenvalue weighted by Crippen LogP contribution is 2.25. The number of rotatable bonds is 5. The van der Waals surface area contributed by atoms with E-state index in [9.17, 15) is 4.79 Å². The van der Waals surface area contributed by atoms with Gasteiger partial charge >= 0.3 is 0 Å². The first-order valence-electron chi connectivity index (χ1n) is 7.67. The zero-order chi connectivity index (χ0) is 17.8. The first-order valence-corrected chi connectivity index (χ1v) is 10.3. The second kappa shape index (κ2) is 8.21. The lowest BCUT2D eigenvalue weighted by Crippen LogP contribution is -2.13. The van der Waals surface area contributed by atoms with Crippen LogP contribution in [0.2, 0.25) is 0 Å². The number of para-hydroxylation sites is 1. The van der Waals surface area contributed by atoms with Crippen molar-refractivity contribution in [2.24, 2.45) is 12.0 Å². The molecule has 0 saturated carbocycles. The highest BCUT2D eigenvalue weighted by molar-refractivity contribution is 9.10. The molecule has 4 nitrogen and oxygen atoms in total. The molecule has 3 aromatic rings. The summed E-state index contributed by atoms with van der Waals surface area (Å²) >= 11 is 6.72. The van der Waals surface area contributed by atoms with Gasteiger partial charge in [0.1, 0.15) is 5.75 Å². The van der Waals surface area contributed by atoms with Gasteiger partial charge in [0, 0.05) is 28.6 Å². The van der Waals surface area contributed by atoms with E-state index in [4.69, 9.17) is 4.74 Å². The van der Waals surface area contributed by atoms with Crippen molar-refractivity contribution in [1.29, 1.82) is 0 Å². The zero-order valence-electron chi connectivity index (χ0n) is 13.9. The fourth-order valence-electron chi connectivity index (χ4n) is 2.35. The van der Waals surface area contributed by atoms with Crippen LogP contribution in [0, 0.1) is 0 Å². The number of amides is 1. The average Bonchev–Trinajstić information content (AvgIpc) is 2.92. The highest BCUT2D eigenvalue weighted by Gasteiger charge is 2.08. The van der Waals surface area contributed by atoms with Crippen molar-refractivity contribution in [2.45, 2.75) is 11.3 Å². The topological polar surface area (TPSA) is 43.6 Å². The van der Waals surface area contributed by atoms with Crippen molar-refractivity contribution in [3.63, 3.8) is 0 Å². The summed E-state index contributed by atoms with van der Waals surface area (Å²) in [5, 5.41) is 0. The maximum atomic E-state index is 12.2. The monoisotopic (exact) mass is 436 g/mol. The number of benzene rings is 2. The summed E-state index contributed by atoms with van der Waals surface area (Å²) in [6.07, 6.45) is 0.409. The summed E-state index contributed by atoms with van der Waals surface area (Å²) in [6, 6.07) is 13.8. The molecule has 1 heterocycles. The largest absolute Gasteiger partial charge is 0.497 e. The molecule has 0 spiro atoms. The molecule has 0 radical (unpaired) electrons. The number of thiazole rings is 1. The maximum absolute atomic E-state index is 12.2. The van der Waals surface area contributed by atoms with Gasteiger partial charge in [0.15, 0.2) is 4.80 Å². The predicted octanol–water partition coefficient (Wildman–Crippen LogP) is 4.62. The van der Waals surface area contributed by atoms with Crippen LogP contribution in [0.1, 0.15) is 6.42 Å². The average molecular weight is 437 g/mol. The van der Waals surface area contributed by atoms with E-state index in [1.165, 1.54) is 11.3 Å². The van der Waals surface area contributed by atoms with Gasteiger partial charge in [0.25, 0.3) is 0 Å². The van der Waals surface area contributed by atoms with Gasteiger partial charge in [0.05, 0.1) is 17.3 Å². The molecule has 1 aromatic heterocycles. The lowest BCUT2D eigenvalue weighted by Gasteiger charge is -2.02. The number of carbonyl (C=O) groups is 1. The lowest BCUT2D eigenvalue weighted by atomic mass is 10.3. The standard InChI is InChI=1S/C18H17BrN2O2S2/c1-21-17-14(19)4-3-5-15(17)25-18(21)20-16(22)10-11-24-13-8-6-12(23-2)7-9-13/h3-9H,10-11H2,1-2H3. The fourth-order valence-corrected chi connectivity index (χ4v) is 5.02. The second-order valence-corrected chi connectivity index (χ2v) is 8.34. The normalized spacial score (nSPS) is 11.9. The van der Waals surface area contributed by atoms with E-state index in [0.29, 0.717) is 12.2 Å². The summed E-state index contributed by atoms with van der Waals surface area (Å²) in [6.45, 7) is 0. The smallest absolute Gasteiger partial charge is 0.249 e. The Morgan fingerprint density at radius 1 is 1.28 bits per heavy atom. The molecule has 0 bridgehead atoms. The van der Waals surface area contributed by atoms with Gasteiger partial charge in [-0.3, -0.25) is 4.79 Å². The second-order valence-electron chi connectivity index (χ2n) is 5.31.